The summed E-state index contributed by atoms with van der Waals surface area (Å²) in [5, 5.41) is -0.165. The maximum atomic E-state index is 12.9. The number of hydrogen-bond donors (Lipinski definition) is 0. The van der Waals surface area contributed by atoms with Crippen LogP contribution in [0.4, 0.5) is 0 Å². The van der Waals surface area contributed by atoms with Crippen molar-refractivity contribution in [2.45, 2.75) is 10.3 Å². The fourth-order valence-electron chi connectivity index (χ4n) is 2.33. The van der Waals surface area contributed by atoms with E-state index in [1.165, 1.54) is 0 Å². The van der Waals surface area contributed by atoms with Crippen molar-refractivity contribution in [2.24, 2.45) is 0 Å². The number of thioether (sulfide) groups is 1. The topological polar surface area (TPSA) is 37.4 Å². The Labute approximate surface area is 151 Å². The van der Waals surface area contributed by atoms with E-state index in [-0.39, 0.29) is 5.37 Å². The van der Waals surface area contributed by atoms with Crippen LogP contribution in [-0.4, -0.2) is 25.0 Å². The summed E-state index contributed by atoms with van der Waals surface area (Å²) in [6.07, 6.45) is 0. The van der Waals surface area contributed by atoms with Gasteiger partial charge in [0.1, 0.15) is 0 Å². The predicted molar refractivity (Wildman–Crippen MR) is 97.4 cm³/mol. The molecule has 0 saturated carbocycles. The molecule has 3 rings (SSSR count). The third-order valence-electron chi connectivity index (χ3n) is 3.42. The summed E-state index contributed by atoms with van der Waals surface area (Å²) in [7, 11) is -3.48. The van der Waals surface area contributed by atoms with E-state index >= 15 is 0 Å². The third kappa shape index (κ3) is 3.28. The normalized spacial score (nSPS) is 19.5. The van der Waals surface area contributed by atoms with Crippen LogP contribution in [0.2, 0.25) is 0 Å². The largest absolute Gasteiger partial charge is 0.244 e. The average molecular weight is 463 g/mol. The third-order valence-corrected chi connectivity index (χ3v) is 7.75. The molecule has 1 aliphatic heterocycles. The van der Waals surface area contributed by atoms with E-state index in [2.05, 4.69) is 31.9 Å². The van der Waals surface area contributed by atoms with Gasteiger partial charge < -0.3 is 0 Å². The Balaban J connectivity index is 1.95. The molecule has 1 saturated heterocycles. The van der Waals surface area contributed by atoms with E-state index in [9.17, 15) is 8.42 Å². The highest BCUT2D eigenvalue weighted by atomic mass is 79.9. The standard InChI is InChI=1S/C15H13Br2NO2S2/c16-12-3-1-11(2-4-12)15-18(9-10-21-15)22(19,20)14-7-5-13(17)6-8-14/h1-8,15H,9-10H2. The van der Waals surface area contributed by atoms with Gasteiger partial charge in [-0.1, -0.05) is 44.0 Å². The van der Waals surface area contributed by atoms with Crippen LogP contribution in [0.25, 0.3) is 0 Å². The maximum absolute atomic E-state index is 12.9. The van der Waals surface area contributed by atoms with E-state index < -0.39 is 10.0 Å². The first kappa shape index (κ1) is 16.5. The minimum atomic E-state index is -3.48. The lowest BCUT2D eigenvalue weighted by molar-refractivity contribution is 0.434. The van der Waals surface area contributed by atoms with Crippen LogP contribution >= 0.6 is 43.6 Å². The minimum absolute atomic E-state index is 0.165. The smallest absolute Gasteiger partial charge is 0.207 e. The number of halogens is 2. The van der Waals surface area contributed by atoms with Crippen LogP contribution in [0.1, 0.15) is 10.9 Å². The highest BCUT2D eigenvalue weighted by Gasteiger charge is 2.36. The summed E-state index contributed by atoms with van der Waals surface area (Å²) >= 11 is 8.40. The van der Waals surface area contributed by atoms with E-state index in [0.29, 0.717) is 11.4 Å². The number of hydrogen-bond acceptors (Lipinski definition) is 3. The fraction of sp³-hybridized carbons (Fsp3) is 0.200. The number of rotatable bonds is 3. The van der Waals surface area contributed by atoms with Gasteiger partial charge in [-0.2, -0.15) is 4.31 Å². The van der Waals surface area contributed by atoms with Gasteiger partial charge in [0.2, 0.25) is 10.0 Å². The van der Waals surface area contributed by atoms with Crippen LogP contribution in [0.5, 0.6) is 0 Å². The molecule has 1 unspecified atom stereocenters. The lowest BCUT2D eigenvalue weighted by Crippen LogP contribution is -2.30. The number of nitrogens with zero attached hydrogens (tertiary/aromatic N) is 1. The van der Waals surface area contributed by atoms with Crippen molar-refractivity contribution in [1.29, 1.82) is 0 Å². The monoisotopic (exact) mass is 461 g/mol. The second kappa shape index (κ2) is 6.65. The van der Waals surface area contributed by atoms with Gasteiger partial charge >= 0.3 is 0 Å². The Morgan fingerprint density at radius 1 is 0.955 bits per heavy atom. The first-order valence-corrected chi connectivity index (χ1v) is 10.7. The van der Waals surface area contributed by atoms with E-state index in [1.807, 2.05) is 24.3 Å². The quantitative estimate of drug-likeness (QED) is 0.666. The molecule has 1 atom stereocenters. The molecule has 1 fully saturated rings. The molecule has 3 nitrogen and oxygen atoms in total. The zero-order valence-electron chi connectivity index (χ0n) is 11.4. The van der Waals surface area contributed by atoms with Gasteiger partial charge in [0.05, 0.1) is 10.3 Å². The molecule has 0 bridgehead atoms. The first-order chi connectivity index (χ1) is 10.5. The van der Waals surface area contributed by atoms with E-state index in [1.54, 1.807) is 40.3 Å². The molecular weight excluding hydrogens is 450 g/mol. The molecule has 0 amide bonds. The Kier molecular flexibility index (Phi) is 4.99. The van der Waals surface area contributed by atoms with Crippen LogP contribution in [-0.2, 0) is 10.0 Å². The van der Waals surface area contributed by atoms with Crippen molar-refractivity contribution >= 4 is 53.6 Å². The SMILES string of the molecule is O=S(=O)(c1ccc(Br)cc1)N1CCSC1c1ccc(Br)cc1. The molecule has 0 radical (unpaired) electrons. The van der Waals surface area contributed by atoms with E-state index in [4.69, 9.17) is 0 Å². The minimum Gasteiger partial charge on any atom is -0.207 e. The second-order valence-corrected chi connectivity index (χ2v) is 9.75. The highest BCUT2D eigenvalue weighted by Crippen LogP contribution is 2.41. The lowest BCUT2D eigenvalue weighted by atomic mass is 10.2. The first-order valence-electron chi connectivity index (χ1n) is 6.63. The summed E-state index contributed by atoms with van der Waals surface area (Å²) in [5.74, 6) is 0.802. The summed E-state index contributed by atoms with van der Waals surface area (Å²) < 4.78 is 29.2. The maximum Gasteiger partial charge on any atom is 0.244 e. The molecular formula is C15H13Br2NO2S2. The van der Waals surface area contributed by atoms with Gasteiger partial charge in [-0.05, 0) is 42.0 Å². The highest BCUT2D eigenvalue weighted by molar-refractivity contribution is 9.10. The van der Waals surface area contributed by atoms with Gasteiger partial charge in [0, 0.05) is 21.2 Å². The molecule has 0 aromatic heterocycles. The second-order valence-electron chi connectivity index (χ2n) is 4.84. The van der Waals surface area contributed by atoms with Crippen molar-refractivity contribution in [1.82, 2.24) is 4.31 Å². The van der Waals surface area contributed by atoms with E-state index in [0.717, 1.165) is 20.3 Å². The van der Waals surface area contributed by atoms with Gasteiger partial charge in [0.25, 0.3) is 0 Å². The molecule has 116 valence electrons. The van der Waals surface area contributed by atoms with Gasteiger partial charge in [-0.15, -0.1) is 11.8 Å². The Bertz CT molecular complexity index is 761. The Morgan fingerprint density at radius 2 is 1.50 bits per heavy atom. The molecule has 2 aromatic carbocycles. The van der Waals surface area contributed by atoms with Crippen molar-refractivity contribution in [2.75, 3.05) is 12.3 Å². The van der Waals surface area contributed by atoms with Gasteiger partial charge in [-0.3, -0.25) is 0 Å². The fourth-order valence-corrected chi connectivity index (χ4v) is 6.10. The molecule has 0 aliphatic carbocycles. The lowest BCUT2D eigenvalue weighted by Gasteiger charge is -2.23. The molecule has 7 heteroatoms. The van der Waals surface area contributed by atoms with Crippen molar-refractivity contribution in [3.05, 3.63) is 63.0 Å². The molecule has 2 aromatic rings. The summed E-state index contributed by atoms with van der Waals surface area (Å²) in [6.45, 7) is 0.532. The van der Waals surface area contributed by atoms with Crippen molar-refractivity contribution in [3.63, 3.8) is 0 Å². The zero-order valence-corrected chi connectivity index (χ0v) is 16.3. The van der Waals surface area contributed by atoms with Crippen molar-refractivity contribution in [3.8, 4) is 0 Å². The number of benzene rings is 2. The summed E-state index contributed by atoms with van der Waals surface area (Å²) in [4.78, 5) is 0.334. The zero-order chi connectivity index (χ0) is 15.7. The molecule has 22 heavy (non-hydrogen) atoms. The molecule has 0 N–H and O–H groups in total. The summed E-state index contributed by atoms with van der Waals surface area (Å²) in [5.41, 5.74) is 1.01. The molecule has 0 spiro atoms. The molecule has 1 aliphatic rings. The number of sulfonamides is 1. The van der Waals surface area contributed by atoms with Gasteiger partial charge in [-0.25, -0.2) is 8.42 Å². The van der Waals surface area contributed by atoms with Crippen molar-refractivity contribution < 1.29 is 8.42 Å². The van der Waals surface area contributed by atoms with Crippen LogP contribution in [0, 0.1) is 0 Å². The van der Waals surface area contributed by atoms with Crippen LogP contribution in [0.3, 0.4) is 0 Å². The van der Waals surface area contributed by atoms with Crippen LogP contribution in [0.15, 0.2) is 62.4 Å². The molecule has 1 heterocycles. The van der Waals surface area contributed by atoms with Crippen LogP contribution < -0.4 is 0 Å². The Hall–Kier alpha value is -0.340. The summed E-state index contributed by atoms with van der Waals surface area (Å²) in [6, 6.07) is 14.6. The predicted octanol–water partition coefficient (Wildman–Crippen LogP) is 4.65. The Morgan fingerprint density at radius 3 is 2.09 bits per heavy atom. The average Bonchev–Trinajstić information content (AvgIpc) is 2.99. The van der Waals surface area contributed by atoms with Gasteiger partial charge in [0.15, 0.2) is 0 Å².